The Hall–Kier alpha value is -2.41. The SMILES string of the molecule is CC1CCc2c(sc(NC(=O)C(C)(C)Oc3ccc(Cl)cc3)c2-c2nc3ccccc3s2)C1. The van der Waals surface area contributed by atoms with Crippen molar-refractivity contribution in [2.24, 2.45) is 5.92 Å². The predicted octanol–water partition coefficient (Wildman–Crippen LogP) is 7.60. The van der Waals surface area contributed by atoms with Gasteiger partial charge < -0.3 is 10.1 Å². The molecule has 1 unspecified atom stereocenters. The maximum atomic E-state index is 13.4. The minimum atomic E-state index is -1.06. The third-order valence-corrected chi connectivity index (χ3v) is 8.46. The molecule has 0 aliphatic heterocycles. The van der Waals surface area contributed by atoms with E-state index >= 15 is 0 Å². The summed E-state index contributed by atoms with van der Waals surface area (Å²) in [6.45, 7) is 5.86. The molecular weight excluding hydrogens is 472 g/mol. The Balaban J connectivity index is 1.49. The van der Waals surface area contributed by atoms with Crippen LogP contribution in [0.15, 0.2) is 48.5 Å². The van der Waals surface area contributed by atoms with E-state index in [4.69, 9.17) is 21.3 Å². The van der Waals surface area contributed by atoms with Crippen molar-refractivity contribution in [3.63, 3.8) is 0 Å². The van der Waals surface area contributed by atoms with Crippen LogP contribution < -0.4 is 10.1 Å². The van der Waals surface area contributed by atoms with Crippen molar-refractivity contribution in [1.82, 2.24) is 4.98 Å². The van der Waals surface area contributed by atoms with Crippen LogP contribution in [0.4, 0.5) is 5.00 Å². The molecule has 0 fully saturated rings. The summed E-state index contributed by atoms with van der Waals surface area (Å²) in [5.41, 5.74) is 2.35. The van der Waals surface area contributed by atoms with Crippen molar-refractivity contribution in [2.75, 3.05) is 5.32 Å². The number of aromatic nitrogens is 1. The summed E-state index contributed by atoms with van der Waals surface area (Å²) in [7, 11) is 0. The van der Waals surface area contributed by atoms with Gasteiger partial charge in [-0.1, -0.05) is 30.7 Å². The van der Waals surface area contributed by atoms with Crippen LogP contribution in [0.25, 0.3) is 20.8 Å². The number of hydrogen-bond donors (Lipinski definition) is 1. The van der Waals surface area contributed by atoms with Crippen LogP contribution in [-0.4, -0.2) is 16.5 Å². The van der Waals surface area contributed by atoms with Gasteiger partial charge in [0.15, 0.2) is 5.60 Å². The summed E-state index contributed by atoms with van der Waals surface area (Å²) < 4.78 is 7.18. The first-order valence-corrected chi connectivity index (χ1v) is 13.1. The molecule has 5 rings (SSSR count). The molecule has 0 radical (unpaired) electrons. The molecule has 1 aliphatic rings. The second-order valence-electron chi connectivity index (χ2n) is 9.06. The zero-order chi connectivity index (χ0) is 23.2. The van der Waals surface area contributed by atoms with E-state index in [0.29, 0.717) is 16.7 Å². The number of thiophene rings is 1. The topological polar surface area (TPSA) is 51.2 Å². The van der Waals surface area contributed by atoms with Gasteiger partial charge in [0.25, 0.3) is 5.91 Å². The molecule has 7 heteroatoms. The second kappa shape index (κ2) is 8.75. The number of halogens is 1. The lowest BCUT2D eigenvalue weighted by molar-refractivity contribution is -0.128. The Kier molecular flexibility index (Phi) is 5.93. The monoisotopic (exact) mass is 496 g/mol. The smallest absolute Gasteiger partial charge is 0.268 e. The van der Waals surface area contributed by atoms with Gasteiger partial charge in [-0.15, -0.1) is 22.7 Å². The fraction of sp³-hybridized carbons (Fsp3) is 0.308. The highest BCUT2D eigenvalue weighted by atomic mass is 35.5. The number of rotatable bonds is 5. The third kappa shape index (κ3) is 4.52. The minimum absolute atomic E-state index is 0.188. The number of benzene rings is 2. The van der Waals surface area contributed by atoms with Gasteiger partial charge in [-0.3, -0.25) is 4.79 Å². The Morgan fingerprint density at radius 3 is 2.67 bits per heavy atom. The van der Waals surface area contributed by atoms with Crippen LogP contribution in [0.5, 0.6) is 5.75 Å². The first-order chi connectivity index (χ1) is 15.8. The van der Waals surface area contributed by atoms with E-state index in [0.717, 1.165) is 45.1 Å². The molecule has 2 aromatic carbocycles. The number of amides is 1. The number of carbonyl (C=O) groups is 1. The first kappa shape index (κ1) is 22.4. The molecule has 2 aromatic heterocycles. The average molecular weight is 497 g/mol. The summed E-state index contributed by atoms with van der Waals surface area (Å²) in [5.74, 6) is 1.06. The van der Waals surface area contributed by atoms with E-state index in [1.54, 1.807) is 60.8 Å². The van der Waals surface area contributed by atoms with Gasteiger partial charge in [0.2, 0.25) is 0 Å². The average Bonchev–Trinajstić information content (AvgIpc) is 3.35. The normalized spacial score (nSPS) is 15.9. The van der Waals surface area contributed by atoms with Crippen molar-refractivity contribution >= 4 is 55.4 Å². The number of para-hydroxylation sites is 1. The van der Waals surface area contributed by atoms with Gasteiger partial charge in [0, 0.05) is 15.5 Å². The zero-order valence-electron chi connectivity index (χ0n) is 18.8. The Morgan fingerprint density at radius 2 is 1.91 bits per heavy atom. The number of ether oxygens (including phenoxy) is 1. The number of fused-ring (bicyclic) bond motifs is 2. The van der Waals surface area contributed by atoms with Crippen LogP contribution >= 0.6 is 34.3 Å². The summed E-state index contributed by atoms with van der Waals surface area (Å²) in [4.78, 5) is 19.6. The van der Waals surface area contributed by atoms with Crippen molar-refractivity contribution in [2.45, 2.75) is 45.6 Å². The predicted molar refractivity (Wildman–Crippen MR) is 139 cm³/mol. The number of carbonyl (C=O) groups excluding carboxylic acids is 1. The Labute approximate surface area is 206 Å². The molecule has 33 heavy (non-hydrogen) atoms. The molecule has 2 heterocycles. The number of hydrogen-bond acceptors (Lipinski definition) is 5. The number of anilines is 1. The summed E-state index contributed by atoms with van der Waals surface area (Å²) >= 11 is 9.35. The summed E-state index contributed by atoms with van der Waals surface area (Å²) in [6, 6.07) is 15.2. The van der Waals surface area contributed by atoms with Crippen molar-refractivity contribution in [3.05, 3.63) is 64.0 Å². The fourth-order valence-electron chi connectivity index (χ4n) is 4.14. The quantitative estimate of drug-likeness (QED) is 0.309. The van der Waals surface area contributed by atoms with Gasteiger partial charge in [0.1, 0.15) is 15.8 Å². The maximum absolute atomic E-state index is 13.4. The molecule has 1 amide bonds. The molecule has 4 aromatic rings. The van der Waals surface area contributed by atoms with E-state index in [1.807, 2.05) is 18.2 Å². The standard InChI is InChI=1S/C26H25ClN2O2S2/c1-15-8-13-18-21(14-15)33-24(22(18)23-28-19-6-4-5-7-20(19)32-23)29-25(30)26(2,3)31-17-11-9-16(27)10-12-17/h4-7,9-12,15H,8,13-14H2,1-3H3,(H,29,30). The van der Waals surface area contributed by atoms with Gasteiger partial charge >= 0.3 is 0 Å². The second-order valence-corrected chi connectivity index (χ2v) is 11.6. The van der Waals surface area contributed by atoms with Crippen molar-refractivity contribution in [3.8, 4) is 16.3 Å². The van der Waals surface area contributed by atoms with E-state index in [1.165, 1.54) is 10.4 Å². The molecule has 1 N–H and O–H groups in total. The van der Waals surface area contributed by atoms with Gasteiger partial charge in [-0.25, -0.2) is 4.98 Å². The molecule has 0 saturated heterocycles. The largest absolute Gasteiger partial charge is 0.478 e. The third-order valence-electron chi connectivity index (χ3n) is 5.98. The molecule has 0 bridgehead atoms. The van der Waals surface area contributed by atoms with E-state index < -0.39 is 5.60 Å². The highest BCUT2D eigenvalue weighted by molar-refractivity contribution is 7.23. The minimum Gasteiger partial charge on any atom is -0.478 e. The lowest BCUT2D eigenvalue weighted by atomic mass is 9.88. The molecular formula is C26H25ClN2O2S2. The summed E-state index contributed by atoms with van der Waals surface area (Å²) in [5, 5.41) is 5.65. The van der Waals surface area contributed by atoms with E-state index in [-0.39, 0.29) is 5.91 Å². The van der Waals surface area contributed by atoms with Crippen LogP contribution in [0, 0.1) is 5.92 Å². The molecule has 0 saturated carbocycles. The molecule has 4 nitrogen and oxygen atoms in total. The zero-order valence-corrected chi connectivity index (χ0v) is 21.2. The Bertz CT molecular complexity index is 1290. The van der Waals surface area contributed by atoms with Crippen LogP contribution in [0.2, 0.25) is 5.02 Å². The lowest BCUT2D eigenvalue weighted by Gasteiger charge is -2.25. The van der Waals surface area contributed by atoms with Crippen LogP contribution in [0.1, 0.15) is 37.6 Å². The number of nitrogens with one attached hydrogen (secondary N) is 1. The van der Waals surface area contributed by atoms with Gasteiger partial charge in [-0.05, 0) is 81.0 Å². The molecule has 0 spiro atoms. The number of nitrogens with zero attached hydrogens (tertiary/aromatic N) is 1. The first-order valence-electron chi connectivity index (χ1n) is 11.1. The lowest BCUT2D eigenvalue weighted by Crippen LogP contribution is -2.42. The van der Waals surface area contributed by atoms with Gasteiger partial charge in [-0.2, -0.15) is 0 Å². The summed E-state index contributed by atoms with van der Waals surface area (Å²) in [6.07, 6.45) is 3.21. The van der Waals surface area contributed by atoms with E-state index in [2.05, 4.69) is 18.3 Å². The van der Waals surface area contributed by atoms with Crippen molar-refractivity contribution in [1.29, 1.82) is 0 Å². The molecule has 1 aliphatic carbocycles. The van der Waals surface area contributed by atoms with Crippen LogP contribution in [0.3, 0.4) is 0 Å². The highest BCUT2D eigenvalue weighted by Gasteiger charge is 2.33. The highest BCUT2D eigenvalue weighted by Crippen LogP contribution is 2.47. The Morgan fingerprint density at radius 1 is 1.15 bits per heavy atom. The van der Waals surface area contributed by atoms with E-state index in [9.17, 15) is 4.79 Å². The fourth-order valence-corrected chi connectivity index (χ4v) is 6.78. The van der Waals surface area contributed by atoms with Gasteiger partial charge in [0.05, 0.1) is 10.2 Å². The van der Waals surface area contributed by atoms with Crippen molar-refractivity contribution < 1.29 is 9.53 Å². The van der Waals surface area contributed by atoms with Crippen LogP contribution in [-0.2, 0) is 17.6 Å². The molecule has 170 valence electrons. The molecule has 1 atom stereocenters. The maximum Gasteiger partial charge on any atom is 0.268 e. The number of thiazole rings is 1.